The maximum atomic E-state index is 5.33. The van der Waals surface area contributed by atoms with Crippen LogP contribution in [0.3, 0.4) is 0 Å². The number of amidine groups is 1. The summed E-state index contributed by atoms with van der Waals surface area (Å²) in [6.07, 6.45) is 6.24. The van der Waals surface area contributed by atoms with Crippen LogP contribution in [0.5, 0.6) is 0 Å². The zero-order valence-electron chi connectivity index (χ0n) is 6.13. The lowest BCUT2D eigenvalue weighted by Gasteiger charge is -1.95. The zero-order chi connectivity index (χ0) is 7.82. The molecule has 0 heterocycles. The Bertz CT molecular complexity index is 146. The van der Waals surface area contributed by atoms with Gasteiger partial charge < -0.3 is 10.6 Å². The van der Waals surface area contributed by atoms with Gasteiger partial charge in [0.1, 0.15) is 12.4 Å². The SMILES string of the molecule is C#CCCO/N=C(\N)CC. The van der Waals surface area contributed by atoms with E-state index in [1.165, 1.54) is 0 Å². The predicted octanol–water partition coefficient (Wildman–Crippen LogP) is 0.709. The molecule has 0 unspecified atom stereocenters. The van der Waals surface area contributed by atoms with Gasteiger partial charge in [-0.05, 0) is 0 Å². The normalized spacial score (nSPS) is 10.6. The van der Waals surface area contributed by atoms with E-state index in [1.807, 2.05) is 6.92 Å². The van der Waals surface area contributed by atoms with Gasteiger partial charge in [-0.25, -0.2) is 0 Å². The summed E-state index contributed by atoms with van der Waals surface area (Å²) in [5, 5.41) is 3.58. The molecule has 56 valence electrons. The Balaban J connectivity index is 3.27. The molecule has 0 radical (unpaired) electrons. The molecule has 0 aliphatic carbocycles. The molecule has 0 aliphatic rings. The van der Waals surface area contributed by atoms with Crippen LogP contribution in [-0.4, -0.2) is 12.4 Å². The van der Waals surface area contributed by atoms with Crippen molar-refractivity contribution in [3.05, 3.63) is 0 Å². The van der Waals surface area contributed by atoms with Gasteiger partial charge in [0.25, 0.3) is 0 Å². The van der Waals surface area contributed by atoms with E-state index in [2.05, 4.69) is 11.1 Å². The van der Waals surface area contributed by atoms with Gasteiger partial charge in [-0.15, -0.1) is 12.3 Å². The second-order valence-corrected chi connectivity index (χ2v) is 1.72. The third-order valence-corrected chi connectivity index (χ3v) is 0.882. The fourth-order valence-electron chi connectivity index (χ4n) is 0.298. The molecule has 0 spiro atoms. The van der Waals surface area contributed by atoms with Crippen LogP contribution < -0.4 is 5.73 Å². The summed E-state index contributed by atoms with van der Waals surface area (Å²) in [6.45, 7) is 2.35. The highest BCUT2D eigenvalue weighted by molar-refractivity contribution is 5.79. The van der Waals surface area contributed by atoms with Crippen LogP contribution in [-0.2, 0) is 4.84 Å². The molecule has 0 aromatic heterocycles. The molecule has 10 heavy (non-hydrogen) atoms. The van der Waals surface area contributed by atoms with Crippen molar-refractivity contribution in [2.45, 2.75) is 19.8 Å². The third kappa shape index (κ3) is 4.98. The lowest BCUT2D eigenvalue weighted by molar-refractivity contribution is 0.149. The molecule has 0 fully saturated rings. The Kier molecular flexibility index (Phi) is 5.26. The van der Waals surface area contributed by atoms with Crippen LogP contribution in [0.1, 0.15) is 19.8 Å². The summed E-state index contributed by atoms with van der Waals surface area (Å²) in [6, 6.07) is 0. The number of nitrogens with two attached hydrogens (primary N) is 1. The van der Waals surface area contributed by atoms with Gasteiger partial charge in [-0.3, -0.25) is 0 Å². The topological polar surface area (TPSA) is 47.6 Å². The van der Waals surface area contributed by atoms with E-state index in [9.17, 15) is 0 Å². The van der Waals surface area contributed by atoms with Crippen molar-refractivity contribution in [2.75, 3.05) is 6.61 Å². The van der Waals surface area contributed by atoms with Gasteiger partial charge in [-0.2, -0.15) is 0 Å². The maximum absolute atomic E-state index is 5.33. The van der Waals surface area contributed by atoms with E-state index >= 15 is 0 Å². The summed E-state index contributed by atoms with van der Waals surface area (Å²) in [7, 11) is 0. The van der Waals surface area contributed by atoms with Crippen LogP contribution >= 0.6 is 0 Å². The van der Waals surface area contributed by atoms with Crippen LogP contribution in [0, 0.1) is 12.3 Å². The highest BCUT2D eigenvalue weighted by Crippen LogP contribution is 1.83. The van der Waals surface area contributed by atoms with Crippen molar-refractivity contribution >= 4 is 5.84 Å². The number of nitrogens with zero attached hydrogens (tertiary/aromatic N) is 1. The van der Waals surface area contributed by atoms with Gasteiger partial charge in [0.15, 0.2) is 0 Å². The monoisotopic (exact) mass is 140 g/mol. The average Bonchev–Trinajstić information content (AvgIpc) is 1.98. The Hall–Kier alpha value is -1.17. The summed E-state index contributed by atoms with van der Waals surface area (Å²) >= 11 is 0. The molecule has 0 aliphatic heterocycles. The van der Waals surface area contributed by atoms with E-state index < -0.39 is 0 Å². The van der Waals surface area contributed by atoms with Crippen molar-refractivity contribution in [1.82, 2.24) is 0 Å². The molecule has 0 atom stereocenters. The van der Waals surface area contributed by atoms with Crippen molar-refractivity contribution in [3.8, 4) is 12.3 Å². The average molecular weight is 140 g/mol. The van der Waals surface area contributed by atoms with Gasteiger partial charge >= 0.3 is 0 Å². The molecular weight excluding hydrogens is 128 g/mol. The van der Waals surface area contributed by atoms with Crippen molar-refractivity contribution in [1.29, 1.82) is 0 Å². The minimum atomic E-state index is 0.442. The number of terminal acetylenes is 1. The standard InChI is InChI=1S/C7H12N2O/c1-3-5-6-10-9-7(8)4-2/h1H,4-6H2,2H3,(H2,8,9). The summed E-state index contributed by atoms with van der Waals surface area (Å²) in [5.41, 5.74) is 5.33. The third-order valence-electron chi connectivity index (χ3n) is 0.882. The second kappa shape index (κ2) is 5.96. The largest absolute Gasteiger partial charge is 0.393 e. The fraction of sp³-hybridized carbons (Fsp3) is 0.571. The lowest BCUT2D eigenvalue weighted by Crippen LogP contribution is -2.10. The first-order valence-corrected chi connectivity index (χ1v) is 3.19. The number of hydrogen-bond acceptors (Lipinski definition) is 2. The van der Waals surface area contributed by atoms with Crippen LogP contribution in [0.25, 0.3) is 0 Å². The smallest absolute Gasteiger partial charge is 0.139 e. The Morgan fingerprint density at radius 3 is 3.00 bits per heavy atom. The van der Waals surface area contributed by atoms with Crippen LogP contribution in [0.4, 0.5) is 0 Å². The van der Waals surface area contributed by atoms with Gasteiger partial charge in [0.05, 0.1) is 0 Å². The number of rotatable bonds is 4. The molecule has 0 saturated carbocycles. The first-order chi connectivity index (χ1) is 4.81. The van der Waals surface area contributed by atoms with Gasteiger partial charge in [0.2, 0.25) is 0 Å². The number of hydrogen-bond donors (Lipinski definition) is 1. The predicted molar refractivity (Wildman–Crippen MR) is 41.3 cm³/mol. The number of oxime groups is 1. The Labute approximate surface area is 61.2 Å². The molecule has 2 N–H and O–H groups in total. The summed E-state index contributed by atoms with van der Waals surface area (Å²) in [5.74, 6) is 2.92. The van der Waals surface area contributed by atoms with Gasteiger partial charge in [0, 0.05) is 12.8 Å². The molecule has 0 aromatic rings. The van der Waals surface area contributed by atoms with Crippen LogP contribution in [0.2, 0.25) is 0 Å². The first kappa shape index (κ1) is 8.83. The Morgan fingerprint density at radius 1 is 1.80 bits per heavy atom. The quantitative estimate of drug-likeness (QED) is 0.205. The molecule has 3 nitrogen and oxygen atoms in total. The van der Waals surface area contributed by atoms with Crippen LogP contribution in [0.15, 0.2) is 5.16 Å². The van der Waals surface area contributed by atoms with Crippen molar-refractivity contribution in [3.63, 3.8) is 0 Å². The van der Waals surface area contributed by atoms with E-state index in [0.717, 1.165) is 0 Å². The molecule has 0 amide bonds. The van der Waals surface area contributed by atoms with E-state index in [1.54, 1.807) is 0 Å². The summed E-state index contributed by atoms with van der Waals surface area (Å²) < 4.78 is 0. The molecular formula is C7H12N2O. The molecule has 0 rings (SSSR count). The maximum Gasteiger partial charge on any atom is 0.139 e. The molecule has 3 heteroatoms. The summed E-state index contributed by atoms with van der Waals surface area (Å²) in [4.78, 5) is 4.75. The first-order valence-electron chi connectivity index (χ1n) is 3.19. The van der Waals surface area contributed by atoms with Crippen molar-refractivity contribution in [2.24, 2.45) is 10.9 Å². The second-order valence-electron chi connectivity index (χ2n) is 1.72. The van der Waals surface area contributed by atoms with Gasteiger partial charge in [-0.1, -0.05) is 12.1 Å². The highest BCUT2D eigenvalue weighted by atomic mass is 16.6. The fourth-order valence-corrected chi connectivity index (χ4v) is 0.298. The molecule has 0 bridgehead atoms. The molecule has 0 aromatic carbocycles. The highest BCUT2D eigenvalue weighted by Gasteiger charge is 1.85. The van der Waals surface area contributed by atoms with Crippen molar-refractivity contribution < 1.29 is 4.84 Å². The van der Waals surface area contributed by atoms with E-state index in [-0.39, 0.29) is 0 Å². The minimum Gasteiger partial charge on any atom is -0.393 e. The van der Waals surface area contributed by atoms with E-state index in [0.29, 0.717) is 25.3 Å². The minimum absolute atomic E-state index is 0.442. The lowest BCUT2D eigenvalue weighted by atomic mass is 10.5. The molecule has 0 saturated heterocycles. The van der Waals surface area contributed by atoms with E-state index in [4.69, 9.17) is 17.0 Å². The zero-order valence-corrected chi connectivity index (χ0v) is 6.13. The Morgan fingerprint density at radius 2 is 2.50 bits per heavy atom.